The maximum Gasteiger partial charge on any atom is 0.318 e. The zero-order chi connectivity index (χ0) is 18.5. The molecule has 136 valence electrons. The van der Waals surface area contributed by atoms with Crippen LogP contribution >= 0.6 is 11.6 Å². The number of phenolic OH excluding ortho intramolecular Hbond substituents is 1. The lowest BCUT2D eigenvalue weighted by atomic mass is 9.77. The third kappa shape index (κ3) is 2.97. The molecule has 0 aromatic heterocycles. The van der Waals surface area contributed by atoms with E-state index in [1.54, 1.807) is 12.1 Å². The summed E-state index contributed by atoms with van der Waals surface area (Å²) in [5.74, 6) is 0.639. The van der Waals surface area contributed by atoms with E-state index in [-0.39, 0.29) is 17.7 Å². The Labute approximate surface area is 157 Å². The van der Waals surface area contributed by atoms with E-state index in [0.717, 1.165) is 11.1 Å². The maximum atomic E-state index is 12.3. The van der Waals surface area contributed by atoms with E-state index in [9.17, 15) is 9.90 Å². The van der Waals surface area contributed by atoms with E-state index < -0.39 is 11.3 Å². The molecule has 2 unspecified atom stereocenters. The van der Waals surface area contributed by atoms with Gasteiger partial charge in [-0.15, -0.1) is 0 Å². The number of fused-ring (bicyclic) bond motifs is 1. The van der Waals surface area contributed by atoms with Crippen LogP contribution in [0, 0.1) is 0 Å². The molecule has 0 saturated carbocycles. The molecule has 6 heteroatoms. The van der Waals surface area contributed by atoms with Gasteiger partial charge in [-0.1, -0.05) is 35.9 Å². The fourth-order valence-electron chi connectivity index (χ4n) is 4.16. The molecule has 2 aromatic carbocycles. The molecule has 2 aliphatic heterocycles. The van der Waals surface area contributed by atoms with Gasteiger partial charge in [0, 0.05) is 41.0 Å². The summed E-state index contributed by atoms with van der Waals surface area (Å²) in [5, 5.41) is 16.5. The van der Waals surface area contributed by atoms with Crippen molar-refractivity contribution >= 4 is 17.6 Å². The third-order valence-electron chi connectivity index (χ3n) is 5.01. The topological polar surface area (TPSA) is 70.6 Å². The molecule has 2 heterocycles. The Kier molecular flexibility index (Phi) is 3.81. The minimum absolute atomic E-state index is 0.0535. The number of nitrogens with one attached hydrogen (secondary N) is 2. The number of hydrogen-bond donors (Lipinski definition) is 3. The van der Waals surface area contributed by atoms with Crippen molar-refractivity contribution in [3.63, 3.8) is 0 Å². The summed E-state index contributed by atoms with van der Waals surface area (Å²) >= 11 is 6.48. The van der Waals surface area contributed by atoms with Crippen molar-refractivity contribution in [1.29, 1.82) is 0 Å². The van der Waals surface area contributed by atoms with Gasteiger partial charge < -0.3 is 20.5 Å². The van der Waals surface area contributed by atoms with Gasteiger partial charge >= 0.3 is 6.03 Å². The number of halogens is 1. The Morgan fingerprint density at radius 3 is 2.65 bits per heavy atom. The molecular formula is C20H21ClN2O3. The van der Waals surface area contributed by atoms with Crippen molar-refractivity contribution in [2.45, 2.75) is 43.9 Å². The van der Waals surface area contributed by atoms with Gasteiger partial charge in [0.15, 0.2) is 5.72 Å². The first kappa shape index (κ1) is 17.0. The lowest BCUT2D eigenvalue weighted by Gasteiger charge is -2.49. The number of rotatable bonds is 1. The van der Waals surface area contributed by atoms with Crippen LogP contribution in [0.25, 0.3) is 0 Å². The van der Waals surface area contributed by atoms with Crippen molar-refractivity contribution in [2.24, 2.45) is 0 Å². The average molecular weight is 373 g/mol. The second-order valence-electron chi connectivity index (χ2n) is 7.74. The van der Waals surface area contributed by atoms with E-state index in [4.69, 9.17) is 16.3 Å². The molecular weight excluding hydrogens is 352 g/mol. The normalized spacial score (nSPS) is 26.4. The zero-order valence-corrected chi connectivity index (χ0v) is 15.4. The quantitative estimate of drug-likeness (QED) is 0.704. The molecule has 1 spiro atoms. The maximum absolute atomic E-state index is 12.3. The molecule has 2 aromatic rings. The number of urea groups is 1. The third-order valence-corrected chi connectivity index (χ3v) is 5.36. The highest BCUT2D eigenvalue weighted by molar-refractivity contribution is 6.31. The Morgan fingerprint density at radius 2 is 1.92 bits per heavy atom. The van der Waals surface area contributed by atoms with E-state index in [1.807, 2.05) is 44.2 Å². The summed E-state index contributed by atoms with van der Waals surface area (Å²) in [6, 6.07) is 12.6. The van der Waals surface area contributed by atoms with Crippen LogP contribution in [0.4, 0.5) is 4.79 Å². The molecule has 1 saturated heterocycles. The molecule has 0 bridgehead atoms. The molecule has 5 nitrogen and oxygen atoms in total. The average Bonchev–Trinajstić information content (AvgIpc) is 2.52. The summed E-state index contributed by atoms with van der Waals surface area (Å²) in [5.41, 5.74) is 0.652. The standard InChI is InChI=1S/C20H21ClN2O3/c1-19(2)11-20(23-18(25)22-19)10-15(13-5-3-4-6-16(13)21)14-8-7-12(24)9-17(14)26-20/h3-9,15,24H,10-11H2,1-2H3,(H2,22,23,25). The van der Waals surface area contributed by atoms with Gasteiger partial charge in [-0.25, -0.2) is 4.79 Å². The van der Waals surface area contributed by atoms with Crippen molar-refractivity contribution in [2.75, 3.05) is 0 Å². The van der Waals surface area contributed by atoms with Gasteiger partial charge in [-0.3, -0.25) is 0 Å². The van der Waals surface area contributed by atoms with Crippen LogP contribution in [0.3, 0.4) is 0 Å². The first-order valence-electron chi connectivity index (χ1n) is 8.64. The summed E-state index contributed by atoms with van der Waals surface area (Å²) < 4.78 is 6.26. The highest BCUT2D eigenvalue weighted by Crippen LogP contribution is 2.48. The van der Waals surface area contributed by atoms with E-state index in [0.29, 0.717) is 23.6 Å². The summed E-state index contributed by atoms with van der Waals surface area (Å²) in [7, 11) is 0. The number of benzene rings is 2. The summed E-state index contributed by atoms with van der Waals surface area (Å²) in [6.07, 6.45) is 1.15. The zero-order valence-electron chi connectivity index (χ0n) is 14.7. The minimum Gasteiger partial charge on any atom is -0.508 e. The highest BCUT2D eigenvalue weighted by atomic mass is 35.5. The van der Waals surface area contributed by atoms with E-state index >= 15 is 0 Å². The lowest BCUT2D eigenvalue weighted by Crippen LogP contribution is -2.69. The second kappa shape index (κ2) is 5.81. The summed E-state index contributed by atoms with van der Waals surface area (Å²) in [6.45, 7) is 3.94. The van der Waals surface area contributed by atoms with Crippen LogP contribution in [-0.2, 0) is 0 Å². The fraction of sp³-hybridized carbons (Fsp3) is 0.350. The lowest BCUT2D eigenvalue weighted by molar-refractivity contribution is -0.0235. The molecule has 0 radical (unpaired) electrons. The molecule has 2 aliphatic rings. The van der Waals surface area contributed by atoms with E-state index in [2.05, 4.69) is 10.6 Å². The van der Waals surface area contributed by atoms with Crippen LogP contribution < -0.4 is 15.4 Å². The Bertz CT molecular complexity index is 883. The second-order valence-corrected chi connectivity index (χ2v) is 8.14. The predicted molar refractivity (Wildman–Crippen MR) is 99.7 cm³/mol. The van der Waals surface area contributed by atoms with Crippen LogP contribution in [0.5, 0.6) is 11.5 Å². The number of aromatic hydroxyl groups is 1. The number of hydrogen-bond acceptors (Lipinski definition) is 3. The molecule has 1 fully saturated rings. The number of phenols is 1. The van der Waals surface area contributed by atoms with Crippen LogP contribution in [0.1, 0.15) is 43.7 Å². The monoisotopic (exact) mass is 372 g/mol. The SMILES string of the molecule is CC1(C)CC2(CC(c3ccccc3Cl)c3ccc(O)cc3O2)NC(=O)N1. The Balaban J connectivity index is 1.84. The predicted octanol–water partition coefficient (Wildman–Crippen LogP) is 4.14. The first-order chi connectivity index (χ1) is 12.3. The smallest absolute Gasteiger partial charge is 0.318 e. The van der Waals surface area contributed by atoms with Crippen LogP contribution in [0.15, 0.2) is 42.5 Å². The van der Waals surface area contributed by atoms with Gasteiger partial charge in [0.05, 0.1) is 0 Å². The molecule has 26 heavy (non-hydrogen) atoms. The van der Waals surface area contributed by atoms with Crippen molar-refractivity contribution in [3.05, 3.63) is 58.6 Å². The Hall–Kier alpha value is -2.40. The van der Waals surface area contributed by atoms with Gasteiger partial charge in [0.2, 0.25) is 0 Å². The highest BCUT2D eigenvalue weighted by Gasteiger charge is 2.49. The fourth-order valence-corrected chi connectivity index (χ4v) is 4.43. The van der Waals surface area contributed by atoms with Gasteiger partial charge in [-0.2, -0.15) is 0 Å². The van der Waals surface area contributed by atoms with Crippen LogP contribution in [0.2, 0.25) is 5.02 Å². The van der Waals surface area contributed by atoms with Gasteiger partial charge in [0.25, 0.3) is 0 Å². The molecule has 3 N–H and O–H groups in total. The van der Waals surface area contributed by atoms with E-state index in [1.165, 1.54) is 0 Å². The van der Waals surface area contributed by atoms with Crippen molar-refractivity contribution in [3.8, 4) is 11.5 Å². The van der Waals surface area contributed by atoms with Crippen molar-refractivity contribution < 1.29 is 14.6 Å². The van der Waals surface area contributed by atoms with Crippen LogP contribution in [-0.4, -0.2) is 22.4 Å². The summed E-state index contributed by atoms with van der Waals surface area (Å²) in [4.78, 5) is 12.3. The Morgan fingerprint density at radius 1 is 1.15 bits per heavy atom. The first-order valence-corrected chi connectivity index (χ1v) is 9.01. The number of ether oxygens (including phenoxy) is 1. The molecule has 2 amide bonds. The van der Waals surface area contributed by atoms with Crippen molar-refractivity contribution in [1.82, 2.24) is 10.6 Å². The number of amides is 2. The molecule has 4 rings (SSSR count). The number of carbonyl (C=O) groups is 1. The largest absolute Gasteiger partial charge is 0.508 e. The van der Waals surface area contributed by atoms with Gasteiger partial charge in [0.1, 0.15) is 11.5 Å². The molecule has 2 atom stereocenters. The van der Waals surface area contributed by atoms with Gasteiger partial charge in [-0.05, 0) is 31.5 Å². The number of carbonyl (C=O) groups excluding carboxylic acids is 1. The molecule has 0 aliphatic carbocycles. The minimum atomic E-state index is -0.865.